The van der Waals surface area contributed by atoms with E-state index in [1.54, 1.807) is 0 Å². The molecule has 0 bridgehead atoms. The van der Waals surface area contributed by atoms with Crippen molar-refractivity contribution in [2.45, 2.75) is 12.2 Å². The van der Waals surface area contributed by atoms with E-state index < -0.39 is 11.6 Å². The molecule has 1 aromatic carbocycles. The molecule has 0 aliphatic carbocycles. The lowest BCUT2D eigenvalue weighted by Crippen LogP contribution is -2.00. The topological polar surface area (TPSA) is 17.1 Å². The average molecular weight is 296 g/mol. The van der Waals surface area contributed by atoms with Crippen LogP contribution < -0.4 is 0 Å². The molecule has 1 aliphatic rings. The molecule has 19 heavy (non-hydrogen) atoms. The van der Waals surface area contributed by atoms with Gasteiger partial charge in [0.2, 0.25) is 5.78 Å². The summed E-state index contributed by atoms with van der Waals surface area (Å²) >= 11 is 3.32. The van der Waals surface area contributed by atoms with Crippen LogP contribution in [-0.2, 0) is 12.2 Å². The van der Waals surface area contributed by atoms with Gasteiger partial charge in [-0.05, 0) is 42.0 Å². The van der Waals surface area contributed by atoms with Gasteiger partial charge in [-0.1, -0.05) is 0 Å². The normalized spacial score (nSPS) is 14.2. The van der Waals surface area contributed by atoms with Crippen molar-refractivity contribution in [3.8, 4) is 0 Å². The first kappa shape index (κ1) is 12.8. The highest BCUT2D eigenvalue weighted by Gasteiger charge is 2.19. The minimum atomic E-state index is -0.984. The van der Waals surface area contributed by atoms with Gasteiger partial charge in [-0.15, -0.1) is 11.3 Å². The van der Waals surface area contributed by atoms with Crippen LogP contribution in [0.1, 0.15) is 25.7 Å². The maximum Gasteiger partial charge on any atom is 0.203 e. The molecule has 1 aliphatic heterocycles. The molecule has 0 radical (unpaired) electrons. The SMILES string of the molecule is O=C(c1ccc(F)c(F)c1)c1cc2c(s1)CCSC2. The van der Waals surface area contributed by atoms with Crippen molar-refractivity contribution < 1.29 is 13.6 Å². The number of hydrogen-bond donors (Lipinski definition) is 0. The fourth-order valence-electron chi connectivity index (χ4n) is 2.04. The summed E-state index contributed by atoms with van der Waals surface area (Å²) < 4.78 is 26.0. The summed E-state index contributed by atoms with van der Waals surface area (Å²) in [5, 5.41) is 0. The lowest BCUT2D eigenvalue weighted by Gasteiger charge is -2.08. The van der Waals surface area contributed by atoms with E-state index in [-0.39, 0.29) is 11.3 Å². The Bertz CT molecular complexity index is 625. The first-order valence-electron chi connectivity index (χ1n) is 5.84. The second kappa shape index (κ2) is 5.06. The van der Waals surface area contributed by atoms with Gasteiger partial charge in [0.05, 0.1) is 4.88 Å². The largest absolute Gasteiger partial charge is 0.288 e. The number of thiophene rings is 1. The smallest absolute Gasteiger partial charge is 0.203 e. The number of carbonyl (C=O) groups is 1. The van der Waals surface area contributed by atoms with Gasteiger partial charge in [-0.25, -0.2) is 8.78 Å². The fraction of sp³-hybridized carbons (Fsp3) is 0.214. The van der Waals surface area contributed by atoms with E-state index in [1.165, 1.54) is 27.8 Å². The maximum absolute atomic E-state index is 13.2. The van der Waals surface area contributed by atoms with Gasteiger partial charge < -0.3 is 0 Å². The van der Waals surface area contributed by atoms with Crippen LogP contribution >= 0.6 is 23.1 Å². The molecule has 0 N–H and O–H groups in total. The molecule has 3 rings (SSSR count). The van der Waals surface area contributed by atoms with Crippen molar-refractivity contribution in [1.29, 1.82) is 0 Å². The molecule has 2 aromatic rings. The Balaban J connectivity index is 1.95. The molecule has 2 heterocycles. The predicted octanol–water partition coefficient (Wildman–Crippen LogP) is 4.05. The summed E-state index contributed by atoms with van der Waals surface area (Å²) in [6.45, 7) is 0. The van der Waals surface area contributed by atoms with E-state index >= 15 is 0 Å². The van der Waals surface area contributed by atoms with Gasteiger partial charge in [-0.2, -0.15) is 11.8 Å². The van der Waals surface area contributed by atoms with Crippen LogP contribution in [-0.4, -0.2) is 11.5 Å². The van der Waals surface area contributed by atoms with Gasteiger partial charge in [0, 0.05) is 16.2 Å². The molecule has 98 valence electrons. The monoisotopic (exact) mass is 296 g/mol. The lowest BCUT2D eigenvalue weighted by molar-refractivity contribution is 0.104. The Kier molecular flexibility index (Phi) is 3.41. The van der Waals surface area contributed by atoms with Crippen molar-refractivity contribution in [3.63, 3.8) is 0 Å². The van der Waals surface area contributed by atoms with Gasteiger partial charge in [-0.3, -0.25) is 4.79 Å². The molecular formula is C14H10F2OS2. The Morgan fingerprint density at radius 1 is 1.16 bits per heavy atom. The van der Waals surface area contributed by atoms with Crippen molar-refractivity contribution in [1.82, 2.24) is 0 Å². The summed E-state index contributed by atoms with van der Waals surface area (Å²) in [4.78, 5) is 14.1. The Hall–Kier alpha value is -1.20. The first-order chi connectivity index (χ1) is 9.15. The van der Waals surface area contributed by atoms with E-state index in [4.69, 9.17) is 0 Å². The van der Waals surface area contributed by atoms with Crippen molar-refractivity contribution in [2.75, 3.05) is 5.75 Å². The van der Waals surface area contributed by atoms with E-state index in [0.717, 1.165) is 30.1 Å². The molecule has 1 nitrogen and oxygen atoms in total. The highest BCUT2D eigenvalue weighted by molar-refractivity contribution is 7.98. The number of ketones is 1. The van der Waals surface area contributed by atoms with E-state index in [9.17, 15) is 13.6 Å². The third-order valence-electron chi connectivity index (χ3n) is 3.03. The number of aryl methyl sites for hydroxylation is 1. The van der Waals surface area contributed by atoms with Gasteiger partial charge in [0.15, 0.2) is 11.6 Å². The maximum atomic E-state index is 13.2. The summed E-state index contributed by atoms with van der Waals surface area (Å²) in [5.74, 6) is -0.145. The first-order valence-corrected chi connectivity index (χ1v) is 7.81. The van der Waals surface area contributed by atoms with Crippen LogP contribution in [0.25, 0.3) is 0 Å². The Morgan fingerprint density at radius 3 is 2.74 bits per heavy atom. The molecule has 0 fully saturated rings. The second-order valence-electron chi connectivity index (χ2n) is 4.32. The highest BCUT2D eigenvalue weighted by Crippen LogP contribution is 2.32. The Labute approximate surface area is 117 Å². The van der Waals surface area contributed by atoms with Crippen molar-refractivity contribution in [2.24, 2.45) is 0 Å². The standard InChI is InChI=1S/C14H10F2OS2/c15-10-2-1-8(5-11(10)16)14(17)13-6-9-7-18-4-3-12(9)19-13/h1-2,5-6H,3-4,7H2. The Morgan fingerprint density at radius 2 is 2.00 bits per heavy atom. The van der Waals surface area contributed by atoms with Crippen LogP contribution in [0, 0.1) is 11.6 Å². The molecule has 0 saturated carbocycles. The number of rotatable bonds is 2. The number of carbonyl (C=O) groups excluding carboxylic acids is 1. The molecule has 0 saturated heterocycles. The zero-order valence-corrected chi connectivity index (χ0v) is 11.5. The minimum Gasteiger partial charge on any atom is -0.288 e. The quantitative estimate of drug-likeness (QED) is 0.778. The predicted molar refractivity (Wildman–Crippen MR) is 74.0 cm³/mol. The average Bonchev–Trinajstić information content (AvgIpc) is 2.85. The van der Waals surface area contributed by atoms with E-state index in [0.29, 0.717) is 4.88 Å². The van der Waals surface area contributed by atoms with E-state index in [1.807, 2.05) is 17.8 Å². The van der Waals surface area contributed by atoms with Crippen LogP contribution in [0.5, 0.6) is 0 Å². The van der Waals surface area contributed by atoms with Gasteiger partial charge in [0.1, 0.15) is 0 Å². The number of benzene rings is 1. The van der Waals surface area contributed by atoms with Crippen molar-refractivity contribution >= 4 is 28.9 Å². The highest BCUT2D eigenvalue weighted by atomic mass is 32.2. The molecule has 0 spiro atoms. The number of thioether (sulfide) groups is 1. The van der Waals surface area contributed by atoms with Crippen molar-refractivity contribution in [3.05, 3.63) is 56.8 Å². The second-order valence-corrected chi connectivity index (χ2v) is 6.56. The molecular weight excluding hydrogens is 286 g/mol. The molecule has 1 aromatic heterocycles. The molecule has 0 amide bonds. The third kappa shape index (κ3) is 2.44. The summed E-state index contributed by atoms with van der Waals surface area (Å²) in [5.41, 5.74) is 1.40. The summed E-state index contributed by atoms with van der Waals surface area (Å²) in [6.07, 6.45) is 0.982. The minimum absolute atomic E-state index is 0.199. The summed E-state index contributed by atoms with van der Waals surface area (Å²) in [6, 6.07) is 5.17. The molecule has 0 unspecified atom stereocenters. The number of hydrogen-bond acceptors (Lipinski definition) is 3. The van der Waals surface area contributed by atoms with Gasteiger partial charge in [0.25, 0.3) is 0 Å². The fourth-order valence-corrected chi connectivity index (χ4v) is 4.37. The van der Waals surface area contributed by atoms with Gasteiger partial charge >= 0.3 is 0 Å². The van der Waals surface area contributed by atoms with Crippen LogP contribution in [0.4, 0.5) is 8.78 Å². The van der Waals surface area contributed by atoms with Crippen LogP contribution in [0.2, 0.25) is 0 Å². The molecule has 0 atom stereocenters. The van der Waals surface area contributed by atoms with Crippen LogP contribution in [0.3, 0.4) is 0 Å². The molecule has 5 heteroatoms. The zero-order chi connectivity index (χ0) is 13.4. The number of fused-ring (bicyclic) bond motifs is 1. The zero-order valence-electron chi connectivity index (χ0n) is 9.91. The van der Waals surface area contributed by atoms with Crippen LogP contribution in [0.15, 0.2) is 24.3 Å². The van der Waals surface area contributed by atoms with E-state index in [2.05, 4.69) is 0 Å². The summed E-state index contributed by atoms with van der Waals surface area (Å²) in [7, 11) is 0. The third-order valence-corrected chi connectivity index (χ3v) is 5.28. The lowest BCUT2D eigenvalue weighted by atomic mass is 10.1. The number of halogens is 2.